The van der Waals surface area contributed by atoms with Gasteiger partial charge in [-0.3, -0.25) is 4.79 Å². The molecule has 0 radical (unpaired) electrons. The lowest BCUT2D eigenvalue weighted by atomic mass is 10.3. The van der Waals surface area contributed by atoms with Crippen molar-refractivity contribution in [2.24, 2.45) is 0 Å². The number of nitrogens with one attached hydrogen (secondary N) is 1. The summed E-state index contributed by atoms with van der Waals surface area (Å²) in [5, 5.41) is 5.14. The monoisotopic (exact) mass is 332 g/mol. The number of benzene rings is 1. The van der Waals surface area contributed by atoms with E-state index < -0.39 is 0 Å². The normalized spacial score (nSPS) is 12.2. The molecule has 1 heterocycles. The first-order valence-electron chi connectivity index (χ1n) is 5.39. The van der Waals surface area contributed by atoms with Crippen molar-refractivity contribution in [2.75, 3.05) is 5.32 Å². The Kier molecular flexibility index (Phi) is 5.10. The summed E-state index contributed by atoms with van der Waals surface area (Å²) in [6.07, 6.45) is 1.71. The topological polar surface area (TPSA) is 42.0 Å². The van der Waals surface area contributed by atoms with Crippen LogP contribution in [0.2, 0.25) is 10.0 Å². The van der Waals surface area contributed by atoms with E-state index in [9.17, 15) is 4.79 Å². The van der Waals surface area contributed by atoms with E-state index >= 15 is 0 Å². The van der Waals surface area contributed by atoms with E-state index in [1.165, 1.54) is 23.1 Å². The second-order valence-electron chi connectivity index (χ2n) is 3.65. The second kappa shape index (κ2) is 6.61. The molecule has 0 aliphatic rings. The molecule has 1 aromatic carbocycles. The Bertz CT molecular complexity index is 575. The number of aromatic nitrogens is 1. The molecule has 0 saturated carbocycles. The highest BCUT2D eigenvalue weighted by Gasteiger charge is 2.17. The van der Waals surface area contributed by atoms with E-state index in [4.69, 9.17) is 23.2 Å². The highest BCUT2D eigenvalue weighted by atomic mass is 35.5. The number of carbonyl (C=O) groups excluding carboxylic acids is 1. The highest BCUT2D eigenvalue weighted by molar-refractivity contribution is 8.02. The minimum Gasteiger partial charge on any atom is -0.324 e. The molecule has 2 rings (SSSR count). The number of amides is 1. The average molecular weight is 333 g/mol. The maximum absolute atomic E-state index is 12.0. The molecular formula is C12H10Cl2N2OS2. The van der Waals surface area contributed by atoms with E-state index in [-0.39, 0.29) is 11.2 Å². The van der Waals surface area contributed by atoms with E-state index in [1.807, 2.05) is 12.3 Å². The van der Waals surface area contributed by atoms with Crippen molar-refractivity contribution in [3.63, 3.8) is 0 Å². The highest BCUT2D eigenvalue weighted by Crippen LogP contribution is 2.31. The van der Waals surface area contributed by atoms with Crippen molar-refractivity contribution in [1.29, 1.82) is 0 Å². The SMILES string of the molecule is CC(Sc1nccs1)C(=O)Nc1cccc(Cl)c1Cl. The largest absolute Gasteiger partial charge is 0.324 e. The molecule has 1 atom stereocenters. The summed E-state index contributed by atoms with van der Waals surface area (Å²) in [7, 11) is 0. The number of nitrogens with zero attached hydrogens (tertiary/aromatic N) is 1. The van der Waals surface area contributed by atoms with Gasteiger partial charge in [0.15, 0.2) is 4.34 Å². The van der Waals surface area contributed by atoms with Gasteiger partial charge in [-0.25, -0.2) is 4.98 Å². The number of thiazole rings is 1. The van der Waals surface area contributed by atoms with Gasteiger partial charge in [-0.2, -0.15) is 0 Å². The predicted molar refractivity (Wildman–Crippen MR) is 82.5 cm³/mol. The summed E-state index contributed by atoms with van der Waals surface area (Å²) < 4.78 is 0.861. The van der Waals surface area contributed by atoms with Crippen LogP contribution < -0.4 is 5.32 Å². The Balaban J connectivity index is 2.02. The predicted octanol–water partition coefficient (Wildman–Crippen LogP) is 4.57. The van der Waals surface area contributed by atoms with Crippen LogP contribution in [0.3, 0.4) is 0 Å². The molecule has 19 heavy (non-hydrogen) atoms. The lowest BCUT2D eigenvalue weighted by Crippen LogP contribution is -2.22. The van der Waals surface area contributed by atoms with Crippen LogP contribution in [0.1, 0.15) is 6.92 Å². The van der Waals surface area contributed by atoms with Gasteiger partial charge in [-0.1, -0.05) is 41.0 Å². The van der Waals surface area contributed by atoms with Crippen LogP contribution in [0.15, 0.2) is 34.1 Å². The fourth-order valence-electron chi connectivity index (χ4n) is 1.31. The minimum atomic E-state index is -0.263. The maximum atomic E-state index is 12.0. The average Bonchev–Trinajstić information content (AvgIpc) is 2.87. The minimum absolute atomic E-state index is 0.135. The second-order valence-corrected chi connectivity index (χ2v) is 6.92. The Morgan fingerprint density at radius 2 is 2.26 bits per heavy atom. The molecule has 0 aliphatic carbocycles. The number of anilines is 1. The van der Waals surface area contributed by atoms with Gasteiger partial charge < -0.3 is 5.32 Å². The first-order valence-corrected chi connectivity index (χ1v) is 7.90. The first kappa shape index (κ1) is 14.7. The zero-order valence-electron chi connectivity index (χ0n) is 9.89. The molecule has 0 aliphatic heterocycles. The van der Waals surface area contributed by atoms with Gasteiger partial charge in [0.25, 0.3) is 0 Å². The van der Waals surface area contributed by atoms with Crippen LogP contribution in [0.4, 0.5) is 5.69 Å². The number of rotatable bonds is 4. The van der Waals surface area contributed by atoms with Crippen molar-refractivity contribution in [1.82, 2.24) is 4.98 Å². The van der Waals surface area contributed by atoms with E-state index in [0.717, 1.165) is 4.34 Å². The Morgan fingerprint density at radius 1 is 1.47 bits per heavy atom. The third kappa shape index (κ3) is 3.86. The van der Waals surface area contributed by atoms with Gasteiger partial charge in [0.2, 0.25) is 5.91 Å². The molecule has 7 heteroatoms. The first-order chi connectivity index (χ1) is 9.08. The molecule has 1 aromatic heterocycles. The molecule has 0 spiro atoms. The third-order valence-corrected chi connectivity index (χ3v) is 5.10. The molecule has 1 unspecified atom stereocenters. The number of hydrogen-bond donors (Lipinski definition) is 1. The number of thioether (sulfide) groups is 1. The Hall–Kier alpha value is -0.750. The quantitative estimate of drug-likeness (QED) is 0.834. The molecule has 3 nitrogen and oxygen atoms in total. The van der Waals surface area contributed by atoms with Crippen LogP contribution in [-0.2, 0) is 4.79 Å². The van der Waals surface area contributed by atoms with Gasteiger partial charge >= 0.3 is 0 Å². The molecular weight excluding hydrogens is 323 g/mol. The lowest BCUT2D eigenvalue weighted by molar-refractivity contribution is -0.115. The molecule has 1 amide bonds. The van der Waals surface area contributed by atoms with Gasteiger partial charge in [0.05, 0.1) is 21.0 Å². The third-order valence-electron chi connectivity index (χ3n) is 2.27. The van der Waals surface area contributed by atoms with Crippen LogP contribution in [0.5, 0.6) is 0 Å². The zero-order chi connectivity index (χ0) is 13.8. The zero-order valence-corrected chi connectivity index (χ0v) is 13.0. The summed E-state index contributed by atoms with van der Waals surface area (Å²) in [4.78, 5) is 16.2. The van der Waals surface area contributed by atoms with Crippen LogP contribution in [0.25, 0.3) is 0 Å². The number of halogens is 2. The molecule has 100 valence electrons. The number of hydrogen-bond acceptors (Lipinski definition) is 4. The molecule has 0 saturated heterocycles. The summed E-state index contributed by atoms with van der Waals surface area (Å²) in [6.45, 7) is 1.82. The van der Waals surface area contributed by atoms with Crippen molar-refractivity contribution < 1.29 is 4.79 Å². The molecule has 1 N–H and O–H groups in total. The van der Waals surface area contributed by atoms with Gasteiger partial charge in [0, 0.05) is 11.6 Å². The standard InChI is InChI=1S/C12H10Cl2N2OS2/c1-7(19-12-15-5-6-18-12)11(17)16-9-4-2-3-8(13)10(9)14/h2-7H,1H3,(H,16,17). The van der Waals surface area contributed by atoms with E-state index in [0.29, 0.717) is 15.7 Å². The van der Waals surface area contributed by atoms with Crippen LogP contribution in [0, 0.1) is 0 Å². The summed E-state index contributed by atoms with van der Waals surface area (Å²) in [6, 6.07) is 5.13. The smallest absolute Gasteiger partial charge is 0.237 e. The lowest BCUT2D eigenvalue weighted by Gasteiger charge is -2.12. The van der Waals surface area contributed by atoms with Gasteiger partial charge in [-0.05, 0) is 19.1 Å². The van der Waals surface area contributed by atoms with Crippen molar-refractivity contribution in [3.8, 4) is 0 Å². The molecule has 0 fully saturated rings. The maximum Gasteiger partial charge on any atom is 0.237 e. The Morgan fingerprint density at radius 3 is 2.95 bits per heavy atom. The van der Waals surface area contributed by atoms with Crippen molar-refractivity contribution >= 4 is 57.9 Å². The fourth-order valence-corrected chi connectivity index (χ4v) is 3.43. The Labute approximate surface area is 129 Å². The van der Waals surface area contributed by atoms with Crippen molar-refractivity contribution in [3.05, 3.63) is 39.8 Å². The summed E-state index contributed by atoms with van der Waals surface area (Å²) >= 11 is 14.8. The summed E-state index contributed by atoms with van der Waals surface area (Å²) in [5.74, 6) is -0.135. The molecule has 2 aromatic rings. The van der Waals surface area contributed by atoms with E-state index in [1.54, 1.807) is 24.4 Å². The van der Waals surface area contributed by atoms with Gasteiger partial charge in [-0.15, -0.1) is 11.3 Å². The fraction of sp³-hybridized carbons (Fsp3) is 0.167. The molecule has 0 bridgehead atoms. The number of carbonyl (C=O) groups is 1. The van der Waals surface area contributed by atoms with Crippen LogP contribution in [-0.4, -0.2) is 16.1 Å². The van der Waals surface area contributed by atoms with Crippen LogP contribution >= 0.6 is 46.3 Å². The van der Waals surface area contributed by atoms with Crippen molar-refractivity contribution in [2.45, 2.75) is 16.5 Å². The van der Waals surface area contributed by atoms with Gasteiger partial charge in [0.1, 0.15) is 0 Å². The van der Waals surface area contributed by atoms with E-state index in [2.05, 4.69) is 10.3 Å². The summed E-state index contributed by atoms with van der Waals surface area (Å²) in [5.41, 5.74) is 0.519.